The van der Waals surface area contributed by atoms with E-state index in [-0.39, 0.29) is 11.9 Å². The molecule has 0 saturated carbocycles. The van der Waals surface area contributed by atoms with Crippen molar-refractivity contribution < 1.29 is 4.39 Å². The van der Waals surface area contributed by atoms with E-state index in [2.05, 4.69) is 19.3 Å². The molecule has 96 valence electrons. The topological polar surface area (TPSA) is 38.0 Å². The first-order valence-electron chi connectivity index (χ1n) is 6.44. The molecule has 1 rings (SSSR count). The van der Waals surface area contributed by atoms with Crippen LogP contribution in [0.2, 0.25) is 0 Å². The highest BCUT2D eigenvalue weighted by Crippen LogP contribution is 2.29. The van der Waals surface area contributed by atoms with Gasteiger partial charge in [0.2, 0.25) is 0 Å². The van der Waals surface area contributed by atoms with Crippen LogP contribution in [-0.2, 0) is 0 Å². The van der Waals surface area contributed by atoms with E-state index in [1.165, 1.54) is 12.1 Å². The van der Waals surface area contributed by atoms with Crippen molar-refractivity contribution in [2.24, 2.45) is 11.8 Å². The molecule has 0 aliphatic rings. The van der Waals surface area contributed by atoms with Gasteiger partial charge in [-0.2, -0.15) is 0 Å². The summed E-state index contributed by atoms with van der Waals surface area (Å²) in [4.78, 5) is 0. The Balaban J connectivity index is 2.83. The highest BCUT2D eigenvalue weighted by Gasteiger charge is 2.20. The maximum atomic E-state index is 12.9. The van der Waals surface area contributed by atoms with E-state index in [0.717, 1.165) is 31.2 Å². The van der Waals surface area contributed by atoms with Gasteiger partial charge in [0.05, 0.1) is 0 Å². The van der Waals surface area contributed by atoms with Crippen molar-refractivity contribution in [2.75, 3.05) is 0 Å². The predicted molar refractivity (Wildman–Crippen MR) is 69.8 cm³/mol. The summed E-state index contributed by atoms with van der Waals surface area (Å²) >= 11 is 0. The number of hydrogen-bond donors (Lipinski definition) is 2. The number of nitrogens with two attached hydrogens (primary N) is 1. The van der Waals surface area contributed by atoms with Crippen molar-refractivity contribution in [3.05, 3.63) is 35.6 Å². The van der Waals surface area contributed by atoms with E-state index in [1.807, 2.05) is 12.1 Å². The van der Waals surface area contributed by atoms with Crippen LogP contribution in [0.25, 0.3) is 0 Å². The first-order valence-corrected chi connectivity index (χ1v) is 6.44. The number of hydrazine groups is 1. The smallest absolute Gasteiger partial charge is 0.123 e. The first kappa shape index (κ1) is 14.1. The highest BCUT2D eigenvalue weighted by atomic mass is 19.1. The molecule has 0 aromatic heterocycles. The summed E-state index contributed by atoms with van der Waals surface area (Å²) in [6.45, 7) is 4.36. The predicted octanol–water partition coefficient (Wildman–Crippen LogP) is 3.55. The Kier molecular flexibility index (Phi) is 6.16. The van der Waals surface area contributed by atoms with Crippen molar-refractivity contribution in [2.45, 2.75) is 45.6 Å². The molecule has 2 nitrogen and oxygen atoms in total. The number of rotatable bonds is 7. The maximum absolute atomic E-state index is 12.9. The molecule has 0 spiro atoms. The molecule has 1 aromatic rings. The molecule has 0 bridgehead atoms. The van der Waals surface area contributed by atoms with Gasteiger partial charge in [-0.05, 0) is 36.5 Å². The minimum Gasteiger partial charge on any atom is -0.271 e. The molecule has 0 saturated heterocycles. The molecule has 0 aliphatic heterocycles. The Morgan fingerprint density at radius 3 is 2.06 bits per heavy atom. The Bertz CT molecular complexity index is 305. The van der Waals surface area contributed by atoms with Crippen LogP contribution in [0.3, 0.4) is 0 Å². The minimum atomic E-state index is -0.202. The quantitative estimate of drug-likeness (QED) is 0.563. The second-order valence-corrected chi connectivity index (χ2v) is 4.53. The molecule has 0 amide bonds. The van der Waals surface area contributed by atoms with Crippen LogP contribution in [0.5, 0.6) is 0 Å². The Hall–Kier alpha value is -0.930. The molecule has 0 heterocycles. The van der Waals surface area contributed by atoms with E-state index >= 15 is 0 Å². The fraction of sp³-hybridized carbons (Fsp3) is 0.571. The lowest BCUT2D eigenvalue weighted by atomic mass is 9.86. The van der Waals surface area contributed by atoms with Crippen molar-refractivity contribution in [3.63, 3.8) is 0 Å². The van der Waals surface area contributed by atoms with Gasteiger partial charge >= 0.3 is 0 Å². The third-order valence-electron chi connectivity index (χ3n) is 3.20. The fourth-order valence-corrected chi connectivity index (χ4v) is 2.39. The van der Waals surface area contributed by atoms with Crippen LogP contribution in [0, 0.1) is 11.7 Å². The second-order valence-electron chi connectivity index (χ2n) is 4.53. The van der Waals surface area contributed by atoms with Crippen LogP contribution in [0.1, 0.15) is 51.1 Å². The van der Waals surface area contributed by atoms with E-state index in [4.69, 9.17) is 5.84 Å². The molecule has 3 N–H and O–H groups in total. The van der Waals surface area contributed by atoms with E-state index in [1.54, 1.807) is 0 Å². The molecule has 1 aromatic carbocycles. The minimum absolute atomic E-state index is 0.121. The zero-order chi connectivity index (χ0) is 12.7. The summed E-state index contributed by atoms with van der Waals surface area (Å²) in [5.74, 6) is 5.97. The van der Waals surface area contributed by atoms with Gasteiger partial charge in [-0.3, -0.25) is 11.3 Å². The van der Waals surface area contributed by atoms with Crippen LogP contribution < -0.4 is 11.3 Å². The normalized spacial score (nSPS) is 13.0. The molecule has 1 unspecified atom stereocenters. The summed E-state index contributed by atoms with van der Waals surface area (Å²) in [6, 6.07) is 6.75. The Morgan fingerprint density at radius 1 is 1.12 bits per heavy atom. The van der Waals surface area contributed by atoms with Gasteiger partial charge in [0.1, 0.15) is 5.82 Å². The van der Waals surface area contributed by atoms with Crippen LogP contribution in [0.15, 0.2) is 24.3 Å². The van der Waals surface area contributed by atoms with Gasteiger partial charge in [0, 0.05) is 6.04 Å². The van der Waals surface area contributed by atoms with E-state index < -0.39 is 0 Å². The number of nitrogens with one attached hydrogen (secondary N) is 1. The highest BCUT2D eigenvalue weighted by molar-refractivity contribution is 5.20. The number of hydrogen-bond acceptors (Lipinski definition) is 2. The molecule has 0 radical (unpaired) electrons. The zero-order valence-corrected chi connectivity index (χ0v) is 10.7. The maximum Gasteiger partial charge on any atom is 0.123 e. The van der Waals surface area contributed by atoms with Crippen LogP contribution in [-0.4, -0.2) is 0 Å². The van der Waals surface area contributed by atoms with Gasteiger partial charge < -0.3 is 0 Å². The lowest BCUT2D eigenvalue weighted by Crippen LogP contribution is -2.33. The Labute approximate surface area is 103 Å². The van der Waals surface area contributed by atoms with E-state index in [9.17, 15) is 4.39 Å². The summed E-state index contributed by atoms with van der Waals surface area (Å²) in [5, 5.41) is 0. The van der Waals surface area contributed by atoms with Crippen molar-refractivity contribution in [1.82, 2.24) is 5.43 Å². The van der Waals surface area contributed by atoms with Gasteiger partial charge in [0.25, 0.3) is 0 Å². The summed E-state index contributed by atoms with van der Waals surface area (Å²) < 4.78 is 12.9. The third-order valence-corrected chi connectivity index (χ3v) is 3.20. The average molecular weight is 238 g/mol. The monoisotopic (exact) mass is 238 g/mol. The molecule has 0 aliphatic carbocycles. The van der Waals surface area contributed by atoms with Crippen molar-refractivity contribution in [3.8, 4) is 0 Å². The van der Waals surface area contributed by atoms with Crippen molar-refractivity contribution in [1.29, 1.82) is 0 Å². The molecular weight excluding hydrogens is 215 g/mol. The molecule has 3 heteroatoms. The third kappa shape index (κ3) is 4.10. The summed E-state index contributed by atoms with van der Waals surface area (Å²) in [5.41, 5.74) is 3.96. The lowest BCUT2D eigenvalue weighted by Gasteiger charge is -2.26. The SMILES string of the molecule is CCCC(CCC)C(NN)c1ccc(F)cc1. The largest absolute Gasteiger partial charge is 0.271 e. The first-order chi connectivity index (χ1) is 8.22. The molecular formula is C14H23FN2. The molecule has 1 atom stereocenters. The Morgan fingerprint density at radius 2 is 1.65 bits per heavy atom. The number of benzene rings is 1. The second kappa shape index (κ2) is 7.41. The van der Waals surface area contributed by atoms with Gasteiger partial charge in [-0.1, -0.05) is 38.8 Å². The fourth-order valence-electron chi connectivity index (χ4n) is 2.39. The van der Waals surface area contributed by atoms with Crippen LogP contribution in [0.4, 0.5) is 4.39 Å². The average Bonchev–Trinajstić information content (AvgIpc) is 2.33. The lowest BCUT2D eigenvalue weighted by molar-refractivity contribution is 0.319. The van der Waals surface area contributed by atoms with Gasteiger partial charge in [0.15, 0.2) is 0 Å². The van der Waals surface area contributed by atoms with Gasteiger partial charge in [-0.15, -0.1) is 0 Å². The van der Waals surface area contributed by atoms with Crippen molar-refractivity contribution >= 4 is 0 Å². The molecule has 0 fully saturated rings. The number of halogens is 1. The van der Waals surface area contributed by atoms with E-state index in [0.29, 0.717) is 5.92 Å². The zero-order valence-electron chi connectivity index (χ0n) is 10.7. The molecule has 17 heavy (non-hydrogen) atoms. The standard InChI is InChI=1S/C14H23FN2/c1-3-5-11(6-4-2)14(17-16)12-7-9-13(15)10-8-12/h7-11,14,17H,3-6,16H2,1-2H3. The summed E-state index contributed by atoms with van der Waals surface area (Å²) in [6.07, 6.45) is 4.56. The van der Waals surface area contributed by atoms with Crippen LogP contribution >= 0.6 is 0 Å². The van der Waals surface area contributed by atoms with Gasteiger partial charge in [-0.25, -0.2) is 4.39 Å². The summed E-state index contributed by atoms with van der Waals surface area (Å²) in [7, 11) is 0.